The second-order valence-electron chi connectivity index (χ2n) is 5.22. The Morgan fingerprint density at radius 2 is 1.95 bits per heavy atom. The molecular formula is C16H16N2O. The summed E-state index contributed by atoms with van der Waals surface area (Å²) in [5.74, 6) is 0.435. The van der Waals surface area contributed by atoms with E-state index in [4.69, 9.17) is 5.73 Å². The number of rotatable bonds is 3. The third kappa shape index (κ3) is 1.91. The second kappa shape index (κ2) is 4.19. The molecule has 1 aromatic heterocycles. The topological polar surface area (TPSA) is 56.0 Å². The highest BCUT2D eigenvalue weighted by atomic mass is 16.1. The van der Waals surface area contributed by atoms with E-state index >= 15 is 0 Å². The maximum atomic E-state index is 12.8. The normalized spacial score (nSPS) is 16.1. The van der Waals surface area contributed by atoms with Crippen molar-refractivity contribution in [3.63, 3.8) is 0 Å². The Morgan fingerprint density at radius 3 is 2.58 bits per heavy atom. The highest BCUT2D eigenvalue weighted by molar-refractivity contribution is 6.09. The van der Waals surface area contributed by atoms with Crippen molar-refractivity contribution in [2.45, 2.75) is 25.2 Å². The van der Waals surface area contributed by atoms with Gasteiger partial charge in [0, 0.05) is 6.20 Å². The third-order valence-corrected chi connectivity index (χ3v) is 3.81. The van der Waals surface area contributed by atoms with Gasteiger partial charge in [0.1, 0.15) is 5.82 Å². The largest absolute Gasteiger partial charge is 0.383 e. The van der Waals surface area contributed by atoms with Gasteiger partial charge in [-0.2, -0.15) is 0 Å². The fourth-order valence-corrected chi connectivity index (χ4v) is 2.55. The van der Waals surface area contributed by atoms with Crippen molar-refractivity contribution >= 4 is 11.6 Å². The van der Waals surface area contributed by atoms with Gasteiger partial charge >= 0.3 is 0 Å². The van der Waals surface area contributed by atoms with Gasteiger partial charge in [0.2, 0.25) is 0 Å². The Kier molecular flexibility index (Phi) is 2.63. The predicted molar refractivity (Wildman–Crippen MR) is 75.1 cm³/mol. The SMILES string of the molecule is Cc1cnc(N)c(C(=O)C2(c3ccccc3)CC2)c1. The monoisotopic (exact) mass is 252 g/mol. The van der Waals surface area contributed by atoms with Gasteiger partial charge in [-0.15, -0.1) is 0 Å². The van der Waals surface area contributed by atoms with E-state index in [9.17, 15) is 4.79 Å². The van der Waals surface area contributed by atoms with Crippen molar-refractivity contribution in [2.75, 3.05) is 5.73 Å². The minimum absolute atomic E-state index is 0.104. The lowest BCUT2D eigenvalue weighted by Crippen LogP contribution is -2.22. The van der Waals surface area contributed by atoms with Crippen molar-refractivity contribution in [1.82, 2.24) is 4.98 Å². The predicted octanol–water partition coefficient (Wildman–Crippen LogP) is 2.89. The number of hydrogen-bond acceptors (Lipinski definition) is 3. The fraction of sp³-hybridized carbons (Fsp3) is 0.250. The van der Waals surface area contributed by atoms with E-state index in [1.54, 1.807) is 6.20 Å². The first kappa shape index (κ1) is 11.9. The summed E-state index contributed by atoms with van der Waals surface area (Å²) in [4.78, 5) is 16.9. The van der Waals surface area contributed by atoms with Gasteiger partial charge in [0.05, 0.1) is 11.0 Å². The van der Waals surface area contributed by atoms with Gasteiger partial charge < -0.3 is 5.73 Å². The first-order chi connectivity index (χ1) is 9.13. The number of nitrogens with two attached hydrogens (primary N) is 1. The number of nitrogen functional groups attached to an aromatic ring is 1. The number of nitrogens with zero attached hydrogens (tertiary/aromatic N) is 1. The summed E-state index contributed by atoms with van der Waals surface area (Å²) in [5, 5.41) is 0. The van der Waals surface area contributed by atoms with Crippen LogP contribution in [0, 0.1) is 6.92 Å². The molecule has 0 saturated heterocycles. The van der Waals surface area contributed by atoms with E-state index in [1.165, 1.54) is 0 Å². The Labute approximate surface area is 112 Å². The second-order valence-corrected chi connectivity index (χ2v) is 5.22. The molecule has 19 heavy (non-hydrogen) atoms. The molecule has 0 amide bonds. The zero-order chi connectivity index (χ0) is 13.5. The maximum Gasteiger partial charge on any atom is 0.177 e. The molecule has 1 aromatic carbocycles. The number of hydrogen-bond donors (Lipinski definition) is 1. The standard InChI is InChI=1S/C16H16N2O/c1-11-9-13(15(17)18-10-11)14(19)16(7-8-16)12-5-3-2-4-6-12/h2-6,9-10H,7-8H2,1H3,(H2,17,18). The van der Waals surface area contributed by atoms with Crippen molar-refractivity contribution in [3.8, 4) is 0 Å². The maximum absolute atomic E-state index is 12.8. The number of carbonyl (C=O) groups is 1. The van der Waals surface area contributed by atoms with Gasteiger partial charge in [-0.1, -0.05) is 30.3 Å². The lowest BCUT2D eigenvalue weighted by atomic mass is 9.87. The number of pyridine rings is 1. The molecule has 3 nitrogen and oxygen atoms in total. The molecule has 0 aliphatic heterocycles. The molecular weight excluding hydrogens is 236 g/mol. The first-order valence-electron chi connectivity index (χ1n) is 6.46. The molecule has 0 bridgehead atoms. The summed E-state index contributed by atoms with van der Waals surface area (Å²) in [6.45, 7) is 1.92. The molecule has 1 saturated carbocycles. The van der Waals surface area contributed by atoms with Gasteiger partial charge in [-0.3, -0.25) is 4.79 Å². The minimum atomic E-state index is -0.370. The van der Waals surface area contributed by atoms with E-state index < -0.39 is 0 Å². The number of benzene rings is 1. The quantitative estimate of drug-likeness (QED) is 0.854. The molecule has 1 heterocycles. The Morgan fingerprint density at radius 1 is 1.26 bits per heavy atom. The van der Waals surface area contributed by atoms with Crippen LogP contribution in [0.1, 0.15) is 34.3 Å². The van der Waals surface area contributed by atoms with Crippen molar-refractivity contribution in [2.24, 2.45) is 0 Å². The van der Waals surface area contributed by atoms with Crippen LogP contribution in [0.15, 0.2) is 42.6 Å². The van der Waals surface area contributed by atoms with Crippen molar-refractivity contribution in [3.05, 3.63) is 59.3 Å². The highest BCUT2D eigenvalue weighted by Gasteiger charge is 2.51. The van der Waals surface area contributed by atoms with Crippen LogP contribution in [-0.2, 0) is 5.41 Å². The summed E-state index contributed by atoms with van der Waals surface area (Å²) in [6.07, 6.45) is 3.47. The van der Waals surface area contributed by atoms with E-state index in [2.05, 4.69) is 4.98 Å². The number of Topliss-reactive ketones (excluding diaryl/α,β-unsaturated/α-hetero) is 1. The molecule has 96 valence electrons. The lowest BCUT2D eigenvalue weighted by molar-refractivity contribution is 0.0946. The number of anilines is 1. The highest BCUT2D eigenvalue weighted by Crippen LogP contribution is 2.50. The van der Waals surface area contributed by atoms with E-state index in [0.717, 1.165) is 24.0 Å². The van der Waals surface area contributed by atoms with E-state index in [0.29, 0.717) is 11.4 Å². The van der Waals surface area contributed by atoms with E-state index in [1.807, 2.05) is 43.3 Å². The average molecular weight is 252 g/mol. The molecule has 0 unspecified atom stereocenters. The zero-order valence-electron chi connectivity index (χ0n) is 10.9. The summed E-state index contributed by atoms with van der Waals surface area (Å²) < 4.78 is 0. The number of carbonyl (C=O) groups excluding carboxylic acids is 1. The summed E-state index contributed by atoms with van der Waals surface area (Å²) >= 11 is 0. The van der Waals surface area contributed by atoms with Crippen molar-refractivity contribution in [1.29, 1.82) is 0 Å². The minimum Gasteiger partial charge on any atom is -0.383 e. The van der Waals surface area contributed by atoms with Gasteiger partial charge in [-0.25, -0.2) is 4.98 Å². The molecule has 1 fully saturated rings. The van der Waals surface area contributed by atoms with Crippen LogP contribution in [0.25, 0.3) is 0 Å². The molecule has 3 rings (SSSR count). The number of aryl methyl sites for hydroxylation is 1. The van der Waals surface area contributed by atoms with Gasteiger partial charge in [0.15, 0.2) is 5.78 Å². The van der Waals surface area contributed by atoms with Crippen LogP contribution in [0.2, 0.25) is 0 Å². The molecule has 0 atom stereocenters. The third-order valence-electron chi connectivity index (χ3n) is 3.81. The smallest absolute Gasteiger partial charge is 0.177 e. The molecule has 0 spiro atoms. The first-order valence-corrected chi connectivity index (χ1v) is 6.46. The van der Waals surface area contributed by atoms with Crippen LogP contribution in [0.5, 0.6) is 0 Å². The van der Waals surface area contributed by atoms with E-state index in [-0.39, 0.29) is 11.2 Å². The van der Waals surface area contributed by atoms with Gasteiger partial charge in [0.25, 0.3) is 0 Å². The van der Waals surface area contributed by atoms with Gasteiger partial charge in [-0.05, 0) is 37.0 Å². The Balaban J connectivity index is 2.03. The van der Waals surface area contributed by atoms with Crippen molar-refractivity contribution < 1.29 is 4.79 Å². The average Bonchev–Trinajstić information content (AvgIpc) is 3.23. The van der Waals surface area contributed by atoms with Crippen LogP contribution in [0.4, 0.5) is 5.82 Å². The Bertz CT molecular complexity index is 630. The van der Waals surface area contributed by atoms with Crippen LogP contribution in [-0.4, -0.2) is 10.8 Å². The zero-order valence-corrected chi connectivity index (χ0v) is 10.9. The fourth-order valence-electron chi connectivity index (χ4n) is 2.55. The molecule has 2 aromatic rings. The number of ketones is 1. The summed E-state index contributed by atoms with van der Waals surface area (Å²) in [7, 11) is 0. The molecule has 1 aliphatic rings. The summed E-state index contributed by atoms with van der Waals surface area (Å²) in [5.41, 5.74) is 8.09. The molecule has 3 heteroatoms. The van der Waals surface area contributed by atoms with Crippen LogP contribution >= 0.6 is 0 Å². The summed E-state index contributed by atoms with van der Waals surface area (Å²) in [6, 6.07) is 11.8. The molecule has 0 radical (unpaired) electrons. The number of aromatic nitrogens is 1. The van der Waals surface area contributed by atoms with Crippen LogP contribution < -0.4 is 5.73 Å². The Hall–Kier alpha value is -2.16. The van der Waals surface area contributed by atoms with Crippen LogP contribution in [0.3, 0.4) is 0 Å². The lowest BCUT2D eigenvalue weighted by Gasteiger charge is -2.15. The molecule has 2 N–H and O–H groups in total. The molecule has 1 aliphatic carbocycles.